The zero-order valence-electron chi connectivity index (χ0n) is 8.45. The Balaban J connectivity index is 2.72. The van der Waals surface area contributed by atoms with Crippen LogP contribution in [-0.4, -0.2) is 30.6 Å². The largest absolute Gasteiger partial charge is 0.478 e. The number of nitrogens with two attached hydrogens (primary N) is 2. The third-order valence-corrected chi connectivity index (χ3v) is 2.30. The number of carboxylic acids is 1. The highest BCUT2D eigenvalue weighted by Gasteiger charge is 2.32. The van der Waals surface area contributed by atoms with E-state index < -0.39 is 11.6 Å². The van der Waals surface area contributed by atoms with E-state index in [1.807, 2.05) is 0 Å². The van der Waals surface area contributed by atoms with E-state index >= 15 is 0 Å². The van der Waals surface area contributed by atoms with Gasteiger partial charge in [0.2, 0.25) is 0 Å². The molecular weight excluding hydrogens is 212 g/mol. The lowest BCUT2D eigenvalue weighted by molar-refractivity contribution is -0.146. The molecule has 0 aromatic carbocycles. The Morgan fingerprint density at radius 2 is 2.19 bits per heavy atom. The summed E-state index contributed by atoms with van der Waals surface area (Å²) in [6.07, 6.45) is 2.51. The van der Waals surface area contributed by atoms with E-state index in [-0.39, 0.29) is 5.82 Å². The molecule has 0 bridgehead atoms. The van der Waals surface area contributed by atoms with Crippen molar-refractivity contribution in [2.45, 2.75) is 12.6 Å². The van der Waals surface area contributed by atoms with E-state index in [2.05, 4.69) is 15.0 Å². The molecule has 84 valence electrons. The fourth-order valence-corrected chi connectivity index (χ4v) is 1.30. The van der Waals surface area contributed by atoms with Crippen LogP contribution in [0.25, 0.3) is 11.2 Å². The first kappa shape index (κ1) is 10.3. The smallest absolute Gasteiger partial charge is 0.344 e. The first-order chi connectivity index (χ1) is 7.44. The summed E-state index contributed by atoms with van der Waals surface area (Å²) in [7, 11) is 0. The average molecular weight is 222 g/mol. The molecule has 0 amide bonds. The Morgan fingerprint density at radius 1 is 1.50 bits per heavy atom. The first-order valence-electron chi connectivity index (χ1n) is 4.41. The molecule has 5 N–H and O–H groups in total. The van der Waals surface area contributed by atoms with Gasteiger partial charge in [0.15, 0.2) is 17.1 Å². The number of anilines is 1. The first-order valence-corrected chi connectivity index (χ1v) is 4.41. The molecule has 0 saturated heterocycles. The third kappa shape index (κ3) is 1.27. The molecule has 2 heterocycles. The number of imidazole rings is 1. The fraction of sp³-hybridized carbons (Fsp3) is 0.250. The van der Waals surface area contributed by atoms with Gasteiger partial charge in [-0.2, -0.15) is 0 Å². The van der Waals surface area contributed by atoms with Gasteiger partial charge in [0, 0.05) is 0 Å². The van der Waals surface area contributed by atoms with E-state index in [9.17, 15) is 4.79 Å². The number of fused-ring (bicyclic) bond motifs is 1. The van der Waals surface area contributed by atoms with Crippen LogP contribution in [0, 0.1) is 0 Å². The molecule has 2 aromatic heterocycles. The second-order valence-corrected chi connectivity index (χ2v) is 3.50. The molecule has 1 atom stereocenters. The molecule has 8 nitrogen and oxygen atoms in total. The summed E-state index contributed by atoms with van der Waals surface area (Å²) >= 11 is 0. The number of carbonyl (C=O) groups is 1. The van der Waals surface area contributed by atoms with Gasteiger partial charge >= 0.3 is 5.97 Å². The lowest BCUT2D eigenvalue weighted by Gasteiger charge is -2.20. The van der Waals surface area contributed by atoms with Gasteiger partial charge in [-0.3, -0.25) is 10.3 Å². The maximum Gasteiger partial charge on any atom is 0.344 e. The summed E-state index contributed by atoms with van der Waals surface area (Å²) in [5.41, 5.74) is 10.2. The van der Waals surface area contributed by atoms with Crippen molar-refractivity contribution < 1.29 is 9.90 Å². The summed E-state index contributed by atoms with van der Waals surface area (Å²) < 4.78 is 1.24. The lowest BCUT2D eigenvalue weighted by atomic mass is 10.2. The van der Waals surface area contributed by atoms with E-state index in [1.165, 1.54) is 24.1 Å². The number of hydrogen-bond acceptors (Lipinski definition) is 6. The number of hydrogen-bond donors (Lipinski definition) is 3. The monoisotopic (exact) mass is 222 g/mol. The lowest BCUT2D eigenvalue weighted by Crippen LogP contribution is -2.47. The van der Waals surface area contributed by atoms with Gasteiger partial charge in [0.05, 0.1) is 6.33 Å². The number of carboxylic acid groups (broad SMARTS) is 1. The molecule has 0 fully saturated rings. The standard InChI is InChI=1S/C8H10N6O2/c1-8(10,7(15)16)14-3-13-4-5(9)11-2-12-6(4)14/h2-3H,10H2,1H3,(H,15,16)(H2,9,11,12)/t8-/m1/s1. The highest BCUT2D eigenvalue weighted by Crippen LogP contribution is 2.19. The Morgan fingerprint density at radius 3 is 2.81 bits per heavy atom. The molecule has 8 heteroatoms. The van der Waals surface area contributed by atoms with Crippen LogP contribution >= 0.6 is 0 Å². The minimum atomic E-state index is -1.63. The predicted molar refractivity (Wildman–Crippen MR) is 55.2 cm³/mol. The summed E-state index contributed by atoms with van der Waals surface area (Å²) in [6.45, 7) is 1.34. The predicted octanol–water partition coefficient (Wildman–Crippen LogP) is -0.875. The second-order valence-electron chi connectivity index (χ2n) is 3.50. The van der Waals surface area contributed by atoms with Gasteiger partial charge < -0.3 is 10.8 Å². The van der Waals surface area contributed by atoms with Crippen LogP contribution in [-0.2, 0) is 10.5 Å². The zero-order valence-corrected chi connectivity index (χ0v) is 8.45. The van der Waals surface area contributed by atoms with E-state index in [0.717, 1.165) is 0 Å². The van der Waals surface area contributed by atoms with Gasteiger partial charge in [-0.15, -0.1) is 0 Å². The summed E-state index contributed by atoms with van der Waals surface area (Å²) in [4.78, 5) is 22.6. The number of nitrogen functional groups attached to an aromatic ring is 1. The molecule has 0 radical (unpaired) electrons. The van der Waals surface area contributed by atoms with Crippen LogP contribution in [0.2, 0.25) is 0 Å². The molecule has 2 rings (SSSR count). The van der Waals surface area contributed by atoms with E-state index in [0.29, 0.717) is 11.2 Å². The summed E-state index contributed by atoms with van der Waals surface area (Å²) in [6, 6.07) is 0. The van der Waals surface area contributed by atoms with Crippen LogP contribution in [0.15, 0.2) is 12.7 Å². The van der Waals surface area contributed by atoms with Crippen molar-refractivity contribution in [3.8, 4) is 0 Å². The molecule has 0 aliphatic rings. The van der Waals surface area contributed by atoms with Crippen molar-refractivity contribution in [2.75, 3.05) is 5.73 Å². The van der Waals surface area contributed by atoms with Crippen molar-refractivity contribution in [1.29, 1.82) is 0 Å². The van der Waals surface area contributed by atoms with Crippen LogP contribution in [0.5, 0.6) is 0 Å². The highest BCUT2D eigenvalue weighted by atomic mass is 16.4. The number of aromatic nitrogens is 4. The van der Waals surface area contributed by atoms with Crippen LogP contribution in [0.1, 0.15) is 6.92 Å². The van der Waals surface area contributed by atoms with Crippen LogP contribution in [0.3, 0.4) is 0 Å². The van der Waals surface area contributed by atoms with Gasteiger partial charge in [-0.25, -0.2) is 19.7 Å². The van der Waals surface area contributed by atoms with E-state index in [1.54, 1.807) is 0 Å². The quantitative estimate of drug-likeness (QED) is 0.601. The zero-order chi connectivity index (χ0) is 11.9. The molecule has 0 spiro atoms. The minimum Gasteiger partial charge on any atom is -0.478 e. The Labute approximate surface area is 89.9 Å². The van der Waals surface area contributed by atoms with Crippen LogP contribution in [0.4, 0.5) is 5.82 Å². The van der Waals surface area contributed by atoms with Crippen molar-refractivity contribution >= 4 is 23.0 Å². The molecule has 0 aliphatic carbocycles. The molecule has 0 unspecified atom stereocenters. The second kappa shape index (κ2) is 3.14. The molecule has 16 heavy (non-hydrogen) atoms. The highest BCUT2D eigenvalue weighted by molar-refractivity contribution is 5.84. The third-order valence-electron chi connectivity index (χ3n) is 2.30. The molecule has 0 aliphatic heterocycles. The molecular formula is C8H10N6O2. The van der Waals surface area contributed by atoms with Gasteiger partial charge in [-0.1, -0.05) is 0 Å². The van der Waals surface area contributed by atoms with Crippen molar-refractivity contribution in [1.82, 2.24) is 19.5 Å². The molecule has 2 aromatic rings. The Hall–Kier alpha value is -2.22. The minimum absolute atomic E-state index is 0.185. The maximum absolute atomic E-state index is 11.0. The van der Waals surface area contributed by atoms with Gasteiger partial charge in [0.25, 0.3) is 0 Å². The molecule has 0 saturated carbocycles. The summed E-state index contributed by atoms with van der Waals surface area (Å²) in [5.74, 6) is -1.01. The topological polar surface area (TPSA) is 133 Å². The van der Waals surface area contributed by atoms with Gasteiger partial charge in [-0.05, 0) is 6.92 Å². The Kier molecular flexibility index (Phi) is 2.02. The van der Waals surface area contributed by atoms with Crippen molar-refractivity contribution in [3.63, 3.8) is 0 Å². The number of rotatable bonds is 2. The number of nitrogens with zero attached hydrogens (tertiary/aromatic N) is 4. The fourth-order valence-electron chi connectivity index (χ4n) is 1.30. The van der Waals surface area contributed by atoms with E-state index in [4.69, 9.17) is 16.6 Å². The van der Waals surface area contributed by atoms with Crippen LogP contribution < -0.4 is 11.5 Å². The number of aliphatic carboxylic acids is 1. The van der Waals surface area contributed by atoms with Crippen molar-refractivity contribution in [2.24, 2.45) is 5.73 Å². The summed E-state index contributed by atoms with van der Waals surface area (Å²) in [5, 5.41) is 8.99. The maximum atomic E-state index is 11.0. The van der Waals surface area contributed by atoms with Gasteiger partial charge in [0.1, 0.15) is 11.8 Å². The average Bonchev–Trinajstić information content (AvgIpc) is 2.63. The van der Waals surface area contributed by atoms with Crippen molar-refractivity contribution in [3.05, 3.63) is 12.7 Å². The normalized spacial score (nSPS) is 14.9. The Bertz CT molecular complexity index is 561. The SMILES string of the molecule is C[C@](N)(C(=O)O)n1cnc2c(N)ncnc21.